The summed E-state index contributed by atoms with van der Waals surface area (Å²) in [5.41, 5.74) is 4.52. The Hall–Kier alpha value is -4.25. The number of hydrazone groups is 1. The average Bonchev–Trinajstić information content (AvgIpc) is 3.39. The summed E-state index contributed by atoms with van der Waals surface area (Å²) in [4.78, 5) is 32.1. The number of nitrogens with one attached hydrogen (secondary N) is 3. The molecule has 0 bridgehead atoms. The van der Waals surface area contributed by atoms with Gasteiger partial charge >= 0.3 is 11.4 Å². The highest BCUT2D eigenvalue weighted by Crippen LogP contribution is 2.30. The van der Waals surface area contributed by atoms with Gasteiger partial charge < -0.3 is 25.1 Å². The summed E-state index contributed by atoms with van der Waals surface area (Å²) in [7, 11) is 1.43. The standard InChI is InChI=1S/C24H22ClN7O5S/c1-13-8-14(10-26)9-15(23(33)27-2)20(13)30-24(34)17-12-32(7-5-19(17)37-38(35)36)22-16(11-29-31-22)21-18(25)4-3-6-28-21/h3-9,16,29H,11-12H2,1-2H3,(H,27,33)(H,30,34)(H,35,36). The Bertz CT molecular complexity index is 1470. The van der Waals surface area contributed by atoms with Crippen LogP contribution in [0, 0.1) is 18.3 Å². The molecule has 2 atom stereocenters. The summed E-state index contributed by atoms with van der Waals surface area (Å²) in [6.45, 7) is 1.98. The summed E-state index contributed by atoms with van der Waals surface area (Å²) < 4.78 is 25.8. The summed E-state index contributed by atoms with van der Waals surface area (Å²) in [6.07, 6.45) is 4.56. The molecule has 2 aromatic rings. The normalized spacial score (nSPS) is 17.3. The fraction of sp³-hybridized carbons (Fsp3) is 0.208. The van der Waals surface area contributed by atoms with Crippen molar-refractivity contribution in [2.75, 3.05) is 25.5 Å². The van der Waals surface area contributed by atoms with Gasteiger partial charge in [0.05, 0.1) is 51.6 Å². The Kier molecular flexibility index (Phi) is 8.06. The summed E-state index contributed by atoms with van der Waals surface area (Å²) in [5.74, 6) is -1.12. The van der Waals surface area contributed by atoms with E-state index in [1.165, 1.54) is 25.3 Å². The van der Waals surface area contributed by atoms with Crippen molar-refractivity contribution in [3.63, 3.8) is 0 Å². The van der Waals surface area contributed by atoms with E-state index in [9.17, 15) is 23.6 Å². The van der Waals surface area contributed by atoms with Gasteiger partial charge in [-0.1, -0.05) is 11.6 Å². The van der Waals surface area contributed by atoms with Gasteiger partial charge in [-0.2, -0.15) is 14.6 Å². The van der Waals surface area contributed by atoms with E-state index in [-0.39, 0.29) is 40.6 Å². The predicted molar refractivity (Wildman–Crippen MR) is 140 cm³/mol. The van der Waals surface area contributed by atoms with Gasteiger partial charge in [0.25, 0.3) is 11.8 Å². The summed E-state index contributed by atoms with van der Waals surface area (Å²) in [6, 6.07) is 8.32. The lowest BCUT2D eigenvalue weighted by atomic mass is 10.0. The molecule has 0 fully saturated rings. The maximum absolute atomic E-state index is 13.5. The van der Waals surface area contributed by atoms with Gasteiger partial charge in [0.1, 0.15) is 5.84 Å². The van der Waals surface area contributed by atoms with E-state index in [1.807, 2.05) is 6.07 Å². The molecule has 1 aromatic heterocycles. The number of benzene rings is 1. The summed E-state index contributed by atoms with van der Waals surface area (Å²) in [5, 5.41) is 19.3. The number of amidine groups is 1. The third-order valence-corrected chi connectivity index (χ3v) is 6.50. The van der Waals surface area contributed by atoms with Crippen molar-refractivity contribution in [1.82, 2.24) is 20.6 Å². The van der Waals surface area contributed by atoms with Crippen LogP contribution in [0.3, 0.4) is 0 Å². The second-order valence-corrected chi connectivity index (χ2v) is 9.21. The molecule has 2 unspecified atom stereocenters. The summed E-state index contributed by atoms with van der Waals surface area (Å²) >= 11 is 3.66. The highest BCUT2D eigenvalue weighted by Gasteiger charge is 2.34. The molecule has 2 aliphatic heterocycles. The molecular weight excluding hydrogens is 534 g/mol. The lowest BCUT2D eigenvalue weighted by Crippen LogP contribution is -2.37. The Morgan fingerprint density at radius 1 is 1.37 bits per heavy atom. The minimum atomic E-state index is -2.70. The second kappa shape index (κ2) is 11.4. The lowest BCUT2D eigenvalue weighted by molar-refractivity contribution is -0.113. The van der Waals surface area contributed by atoms with Crippen LogP contribution in [0.5, 0.6) is 0 Å². The zero-order chi connectivity index (χ0) is 27.4. The molecule has 0 spiro atoms. The number of aryl methyl sites for hydroxylation is 1. The first-order valence-corrected chi connectivity index (χ1v) is 12.6. The second-order valence-electron chi connectivity index (χ2n) is 8.20. The Morgan fingerprint density at radius 2 is 2.16 bits per heavy atom. The number of allylic oxidation sites excluding steroid dienone is 1. The SMILES string of the molecule is CNC(=O)c1cc(C#N)cc(C)c1NC(=O)C1=C(OS(=O)O)C=CN(C2=NNCC2c2ncccc2Cl)C1. The van der Waals surface area contributed by atoms with Gasteiger partial charge in [-0.3, -0.25) is 19.1 Å². The number of amides is 2. The first kappa shape index (κ1) is 26.8. The highest BCUT2D eigenvalue weighted by atomic mass is 35.5. The van der Waals surface area contributed by atoms with Crippen LogP contribution < -0.4 is 16.1 Å². The zero-order valence-electron chi connectivity index (χ0n) is 20.2. The molecule has 2 amide bonds. The van der Waals surface area contributed by atoms with Crippen LogP contribution in [0.4, 0.5) is 5.69 Å². The quantitative estimate of drug-likeness (QED) is 0.390. The Balaban J connectivity index is 1.67. The average molecular weight is 556 g/mol. The van der Waals surface area contributed by atoms with Crippen LogP contribution in [-0.4, -0.2) is 56.4 Å². The van der Waals surface area contributed by atoms with Crippen LogP contribution in [0.25, 0.3) is 0 Å². The number of halogens is 1. The van der Waals surface area contributed by atoms with Gasteiger partial charge in [-0.25, -0.2) is 0 Å². The number of pyridine rings is 1. The molecule has 0 aliphatic carbocycles. The van der Waals surface area contributed by atoms with E-state index >= 15 is 0 Å². The van der Waals surface area contributed by atoms with Gasteiger partial charge in [-0.15, -0.1) is 0 Å². The fourth-order valence-corrected chi connectivity index (χ4v) is 4.66. The van der Waals surface area contributed by atoms with Crippen LogP contribution in [-0.2, 0) is 20.3 Å². The van der Waals surface area contributed by atoms with Crippen molar-refractivity contribution in [3.05, 3.63) is 81.5 Å². The van der Waals surface area contributed by atoms with Crippen LogP contribution in [0.2, 0.25) is 5.02 Å². The zero-order valence-corrected chi connectivity index (χ0v) is 21.8. The van der Waals surface area contributed by atoms with E-state index < -0.39 is 23.2 Å². The maximum atomic E-state index is 13.5. The maximum Gasteiger partial charge on any atom is 0.357 e. The molecule has 4 N–H and O–H groups in total. The third kappa shape index (κ3) is 5.52. The first-order chi connectivity index (χ1) is 18.2. The number of carbonyl (C=O) groups is 2. The van der Waals surface area contributed by atoms with Crippen molar-refractivity contribution in [2.45, 2.75) is 12.8 Å². The Morgan fingerprint density at radius 3 is 2.84 bits per heavy atom. The molecule has 14 heteroatoms. The monoisotopic (exact) mass is 555 g/mol. The fourth-order valence-electron chi connectivity index (χ4n) is 4.10. The van der Waals surface area contributed by atoms with Crippen LogP contribution >= 0.6 is 11.6 Å². The van der Waals surface area contributed by atoms with Gasteiger partial charge in [0, 0.05) is 26.0 Å². The van der Waals surface area contributed by atoms with Crippen LogP contribution in [0.1, 0.15) is 33.1 Å². The van der Waals surface area contributed by atoms with E-state index in [4.69, 9.17) is 15.8 Å². The van der Waals surface area contributed by atoms with Gasteiger partial charge in [0.15, 0.2) is 5.76 Å². The smallest absolute Gasteiger partial charge is 0.357 e. The molecular formula is C24H22ClN7O5S. The number of nitriles is 1. The van der Waals surface area contributed by atoms with E-state index in [1.54, 1.807) is 36.4 Å². The first-order valence-electron chi connectivity index (χ1n) is 11.2. The van der Waals surface area contributed by atoms with Crippen molar-refractivity contribution < 1.29 is 22.5 Å². The molecule has 0 saturated carbocycles. The minimum absolute atomic E-state index is 0.00184. The molecule has 2 aliphatic rings. The number of anilines is 1. The van der Waals surface area contributed by atoms with Crippen LogP contribution in [0.15, 0.2) is 59.2 Å². The topological polar surface area (TPSA) is 169 Å². The lowest BCUT2D eigenvalue weighted by Gasteiger charge is -2.28. The van der Waals surface area contributed by atoms with Gasteiger partial charge in [0.2, 0.25) is 0 Å². The largest absolute Gasteiger partial charge is 0.379 e. The molecule has 4 rings (SSSR count). The Labute approximate surface area is 225 Å². The number of carbonyl (C=O) groups excluding carboxylic acids is 2. The molecule has 0 radical (unpaired) electrons. The van der Waals surface area contributed by atoms with E-state index in [0.29, 0.717) is 28.7 Å². The van der Waals surface area contributed by atoms with Crippen molar-refractivity contribution >= 4 is 46.3 Å². The molecule has 3 heterocycles. The molecule has 38 heavy (non-hydrogen) atoms. The third-order valence-electron chi connectivity index (χ3n) is 5.85. The number of hydrogen-bond donors (Lipinski definition) is 4. The minimum Gasteiger partial charge on any atom is -0.379 e. The number of nitrogens with zero attached hydrogens (tertiary/aromatic N) is 4. The number of aromatic nitrogens is 1. The molecule has 196 valence electrons. The predicted octanol–water partition coefficient (Wildman–Crippen LogP) is 2.15. The van der Waals surface area contributed by atoms with Crippen molar-refractivity contribution in [2.24, 2.45) is 5.10 Å². The molecule has 0 saturated heterocycles. The van der Waals surface area contributed by atoms with E-state index in [2.05, 4.69) is 26.1 Å². The molecule has 12 nitrogen and oxygen atoms in total. The van der Waals surface area contributed by atoms with Crippen molar-refractivity contribution in [3.8, 4) is 6.07 Å². The van der Waals surface area contributed by atoms with E-state index in [0.717, 1.165) is 0 Å². The number of hydrogen-bond acceptors (Lipinski definition) is 9. The molecule has 1 aromatic carbocycles. The highest BCUT2D eigenvalue weighted by molar-refractivity contribution is 7.74. The number of rotatable bonds is 6. The van der Waals surface area contributed by atoms with Crippen molar-refractivity contribution in [1.29, 1.82) is 5.26 Å². The van der Waals surface area contributed by atoms with Gasteiger partial charge in [-0.05, 0) is 42.8 Å².